The van der Waals surface area contributed by atoms with E-state index >= 15 is 0 Å². The van der Waals surface area contributed by atoms with Gasteiger partial charge in [0.25, 0.3) is 0 Å². The van der Waals surface area contributed by atoms with Crippen molar-refractivity contribution in [2.24, 2.45) is 0 Å². The molecule has 0 aromatic heterocycles. The minimum Gasteiger partial charge on any atom is -0.306 e. The second-order valence-corrected chi connectivity index (χ2v) is 6.43. The summed E-state index contributed by atoms with van der Waals surface area (Å²) in [7, 11) is 2.12. The highest BCUT2D eigenvalue weighted by molar-refractivity contribution is 8.00. The van der Waals surface area contributed by atoms with Gasteiger partial charge in [0.1, 0.15) is 0 Å². The highest BCUT2D eigenvalue weighted by Crippen LogP contribution is 2.31. The fraction of sp³-hybridized carbons (Fsp3) is 0.571. The Morgan fingerprint density at radius 2 is 1.74 bits per heavy atom. The van der Waals surface area contributed by atoms with Crippen molar-refractivity contribution in [1.29, 1.82) is 0 Å². The maximum atomic E-state index is 12.2. The van der Waals surface area contributed by atoms with E-state index < -0.39 is 12.6 Å². The van der Waals surface area contributed by atoms with Gasteiger partial charge in [0.2, 0.25) is 0 Å². The molecule has 2 rings (SSSR count). The SMILES string of the molecule is CN1CCC(Sc2ccc(CC(F)(F)F)cc2)CC1. The Bertz CT molecular complexity index is 394. The standard InChI is InChI=1S/C14H18F3NS/c1-18-8-6-13(7-9-18)19-12-4-2-11(3-5-12)10-14(15,16)17/h2-5,13H,6-10H2,1H3. The van der Waals surface area contributed by atoms with E-state index in [1.54, 1.807) is 23.9 Å². The third kappa shape index (κ3) is 5.07. The first kappa shape index (κ1) is 14.7. The summed E-state index contributed by atoms with van der Waals surface area (Å²) in [5.74, 6) is 0. The molecule has 0 bridgehead atoms. The van der Waals surface area contributed by atoms with E-state index in [9.17, 15) is 13.2 Å². The molecule has 1 aromatic carbocycles. The molecular weight excluding hydrogens is 271 g/mol. The van der Waals surface area contributed by atoms with Crippen molar-refractivity contribution in [2.45, 2.75) is 35.6 Å². The molecule has 0 saturated carbocycles. The van der Waals surface area contributed by atoms with Crippen molar-refractivity contribution in [3.05, 3.63) is 29.8 Å². The molecule has 0 spiro atoms. The zero-order valence-corrected chi connectivity index (χ0v) is 11.7. The number of likely N-dealkylation sites (tertiary alicyclic amines) is 1. The van der Waals surface area contributed by atoms with Crippen molar-refractivity contribution in [3.63, 3.8) is 0 Å². The van der Waals surface area contributed by atoms with Crippen LogP contribution in [0.4, 0.5) is 13.2 Å². The molecule has 1 aliphatic heterocycles. The molecule has 19 heavy (non-hydrogen) atoms. The third-order valence-corrected chi connectivity index (χ3v) is 4.65. The van der Waals surface area contributed by atoms with Gasteiger partial charge in [-0.3, -0.25) is 0 Å². The topological polar surface area (TPSA) is 3.24 Å². The zero-order valence-electron chi connectivity index (χ0n) is 10.9. The number of rotatable bonds is 3. The zero-order chi connectivity index (χ0) is 13.9. The first-order valence-electron chi connectivity index (χ1n) is 6.43. The van der Waals surface area contributed by atoms with Crippen LogP contribution in [0.3, 0.4) is 0 Å². The molecule has 1 aliphatic rings. The number of alkyl halides is 3. The fourth-order valence-electron chi connectivity index (χ4n) is 2.21. The monoisotopic (exact) mass is 289 g/mol. The average molecular weight is 289 g/mol. The van der Waals surface area contributed by atoms with E-state index in [0.29, 0.717) is 10.8 Å². The number of nitrogens with zero attached hydrogens (tertiary/aromatic N) is 1. The number of benzene rings is 1. The van der Waals surface area contributed by atoms with Crippen molar-refractivity contribution in [2.75, 3.05) is 20.1 Å². The van der Waals surface area contributed by atoms with Crippen LogP contribution in [0.5, 0.6) is 0 Å². The number of halogens is 3. The van der Waals surface area contributed by atoms with E-state index in [1.165, 1.54) is 0 Å². The smallest absolute Gasteiger partial charge is 0.306 e. The van der Waals surface area contributed by atoms with Gasteiger partial charge >= 0.3 is 6.18 Å². The Balaban J connectivity index is 1.88. The van der Waals surface area contributed by atoms with E-state index in [0.717, 1.165) is 30.8 Å². The first-order chi connectivity index (χ1) is 8.92. The molecule has 0 atom stereocenters. The molecule has 1 fully saturated rings. The van der Waals surface area contributed by atoms with Crippen LogP contribution in [0.2, 0.25) is 0 Å². The Morgan fingerprint density at radius 1 is 1.16 bits per heavy atom. The predicted molar refractivity (Wildman–Crippen MR) is 72.6 cm³/mol. The number of hydrogen-bond donors (Lipinski definition) is 0. The van der Waals surface area contributed by atoms with E-state index in [4.69, 9.17) is 0 Å². The van der Waals surface area contributed by atoms with Crippen LogP contribution in [0.25, 0.3) is 0 Å². The van der Waals surface area contributed by atoms with Crippen LogP contribution in [0.1, 0.15) is 18.4 Å². The lowest BCUT2D eigenvalue weighted by atomic mass is 10.1. The molecule has 0 N–H and O–H groups in total. The van der Waals surface area contributed by atoms with Gasteiger partial charge in [-0.2, -0.15) is 13.2 Å². The molecular formula is C14H18F3NS. The summed E-state index contributed by atoms with van der Waals surface area (Å²) in [5.41, 5.74) is 0.334. The van der Waals surface area contributed by atoms with E-state index in [-0.39, 0.29) is 0 Å². The van der Waals surface area contributed by atoms with E-state index in [2.05, 4.69) is 11.9 Å². The average Bonchev–Trinajstić information content (AvgIpc) is 2.33. The molecule has 5 heteroatoms. The largest absolute Gasteiger partial charge is 0.393 e. The third-order valence-electron chi connectivity index (χ3n) is 3.30. The molecule has 1 heterocycles. The summed E-state index contributed by atoms with van der Waals surface area (Å²) in [4.78, 5) is 3.38. The summed E-state index contributed by atoms with van der Waals surface area (Å²) in [6.07, 6.45) is -2.67. The minimum absolute atomic E-state index is 0.334. The number of hydrogen-bond acceptors (Lipinski definition) is 2. The van der Waals surface area contributed by atoms with Gasteiger partial charge in [-0.25, -0.2) is 0 Å². The Labute approximate surface area is 116 Å². The van der Waals surface area contributed by atoms with Crippen molar-refractivity contribution in [1.82, 2.24) is 4.90 Å². The molecule has 0 unspecified atom stereocenters. The van der Waals surface area contributed by atoms with Crippen LogP contribution in [0, 0.1) is 0 Å². The minimum atomic E-state index is -4.12. The number of thioether (sulfide) groups is 1. The van der Waals surface area contributed by atoms with Crippen LogP contribution in [-0.2, 0) is 6.42 Å². The first-order valence-corrected chi connectivity index (χ1v) is 7.31. The van der Waals surface area contributed by atoms with Crippen molar-refractivity contribution >= 4 is 11.8 Å². The Kier molecular flexibility index (Phi) is 4.79. The normalized spacial score (nSPS) is 18.7. The Hall–Kier alpha value is -0.680. The van der Waals surface area contributed by atoms with Crippen LogP contribution < -0.4 is 0 Å². The van der Waals surface area contributed by atoms with Crippen molar-refractivity contribution in [3.8, 4) is 0 Å². The van der Waals surface area contributed by atoms with E-state index in [1.807, 2.05) is 12.1 Å². The lowest BCUT2D eigenvalue weighted by Crippen LogP contribution is -2.31. The summed E-state index contributed by atoms with van der Waals surface area (Å²) >= 11 is 1.79. The van der Waals surface area contributed by atoms with Gasteiger partial charge in [-0.15, -0.1) is 11.8 Å². The lowest BCUT2D eigenvalue weighted by Gasteiger charge is -2.28. The van der Waals surface area contributed by atoms with Gasteiger partial charge in [-0.1, -0.05) is 12.1 Å². The second kappa shape index (κ2) is 6.18. The predicted octanol–water partition coefficient (Wildman–Crippen LogP) is 3.98. The summed E-state index contributed by atoms with van der Waals surface area (Å²) in [6, 6.07) is 6.80. The lowest BCUT2D eigenvalue weighted by molar-refractivity contribution is -0.127. The van der Waals surface area contributed by atoms with Gasteiger partial charge in [0.05, 0.1) is 6.42 Å². The summed E-state index contributed by atoms with van der Waals surface area (Å²) in [6.45, 7) is 2.20. The highest BCUT2D eigenvalue weighted by Gasteiger charge is 2.27. The quantitative estimate of drug-likeness (QED) is 0.828. The maximum Gasteiger partial charge on any atom is 0.393 e. The van der Waals surface area contributed by atoms with Gasteiger partial charge < -0.3 is 4.90 Å². The maximum absolute atomic E-state index is 12.2. The van der Waals surface area contributed by atoms with Gasteiger partial charge in [-0.05, 0) is 50.7 Å². The second-order valence-electron chi connectivity index (χ2n) is 5.06. The number of piperidine rings is 1. The molecule has 1 saturated heterocycles. The van der Waals surface area contributed by atoms with Crippen LogP contribution >= 0.6 is 11.8 Å². The van der Waals surface area contributed by atoms with Crippen LogP contribution in [0.15, 0.2) is 29.2 Å². The van der Waals surface area contributed by atoms with Crippen LogP contribution in [-0.4, -0.2) is 36.5 Å². The van der Waals surface area contributed by atoms with Gasteiger partial charge in [0, 0.05) is 10.1 Å². The summed E-state index contributed by atoms with van der Waals surface area (Å²) in [5, 5.41) is 0.588. The van der Waals surface area contributed by atoms with Crippen molar-refractivity contribution < 1.29 is 13.2 Å². The molecule has 0 aliphatic carbocycles. The molecule has 1 aromatic rings. The molecule has 0 radical (unpaired) electrons. The molecule has 106 valence electrons. The Morgan fingerprint density at radius 3 is 2.26 bits per heavy atom. The molecule has 0 amide bonds. The fourth-order valence-corrected chi connectivity index (χ4v) is 3.34. The van der Waals surface area contributed by atoms with Gasteiger partial charge in [0.15, 0.2) is 0 Å². The summed E-state index contributed by atoms with van der Waals surface area (Å²) < 4.78 is 36.7. The highest BCUT2D eigenvalue weighted by atomic mass is 32.2. The molecule has 1 nitrogen and oxygen atoms in total.